The van der Waals surface area contributed by atoms with Crippen LogP contribution in [0.4, 0.5) is 0 Å². The maximum absolute atomic E-state index is 12.2. The standard InChI is InChI=1S/C20H29ClN2O2/c1-2-3-4-5-6-15-7-9-16(10-8-15)19(24)22-23-20(25)17-11-13-18(21)14-12-17/h11-16H,2-10H2,1H3,(H,22,24)(H,23,25). The van der Waals surface area contributed by atoms with Crippen LogP contribution in [-0.2, 0) is 4.79 Å². The van der Waals surface area contributed by atoms with Crippen molar-refractivity contribution in [1.29, 1.82) is 0 Å². The highest BCUT2D eigenvalue weighted by Crippen LogP contribution is 2.32. The van der Waals surface area contributed by atoms with Crippen molar-refractivity contribution in [1.82, 2.24) is 10.9 Å². The first-order valence-electron chi connectivity index (χ1n) is 9.46. The van der Waals surface area contributed by atoms with Gasteiger partial charge in [0.15, 0.2) is 0 Å². The van der Waals surface area contributed by atoms with Crippen molar-refractivity contribution >= 4 is 23.4 Å². The Bertz CT molecular complexity index is 551. The number of hydrazine groups is 1. The predicted molar refractivity (Wildman–Crippen MR) is 101 cm³/mol. The van der Waals surface area contributed by atoms with Gasteiger partial charge >= 0.3 is 0 Å². The molecule has 0 aliphatic heterocycles. The van der Waals surface area contributed by atoms with Gasteiger partial charge in [-0.15, -0.1) is 0 Å². The number of hydrogen-bond acceptors (Lipinski definition) is 2. The first kappa shape index (κ1) is 19.8. The number of nitrogens with one attached hydrogen (secondary N) is 2. The SMILES string of the molecule is CCCCCCC1CCC(C(=O)NNC(=O)c2ccc(Cl)cc2)CC1. The summed E-state index contributed by atoms with van der Waals surface area (Å²) in [6, 6.07) is 6.57. The molecule has 1 aliphatic rings. The first-order chi connectivity index (χ1) is 12.1. The van der Waals surface area contributed by atoms with Gasteiger partial charge < -0.3 is 0 Å². The predicted octanol–water partition coefficient (Wildman–Crippen LogP) is 4.88. The normalized spacial score (nSPS) is 20.1. The fraction of sp³-hybridized carbons (Fsp3) is 0.600. The van der Waals surface area contributed by atoms with Gasteiger partial charge in [0.05, 0.1) is 0 Å². The third-order valence-electron chi connectivity index (χ3n) is 5.09. The van der Waals surface area contributed by atoms with Gasteiger partial charge in [-0.3, -0.25) is 20.4 Å². The van der Waals surface area contributed by atoms with Crippen LogP contribution >= 0.6 is 11.6 Å². The molecule has 25 heavy (non-hydrogen) atoms. The Balaban J connectivity index is 1.66. The van der Waals surface area contributed by atoms with Crippen molar-refractivity contribution in [3.05, 3.63) is 34.9 Å². The summed E-state index contributed by atoms with van der Waals surface area (Å²) in [5.74, 6) is 0.378. The van der Waals surface area contributed by atoms with E-state index in [9.17, 15) is 9.59 Å². The molecule has 0 spiro atoms. The van der Waals surface area contributed by atoms with Gasteiger partial charge in [-0.2, -0.15) is 0 Å². The number of benzene rings is 1. The molecule has 0 heterocycles. The Kier molecular flexibility index (Phi) is 8.26. The van der Waals surface area contributed by atoms with Gasteiger partial charge in [-0.25, -0.2) is 0 Å². The van der Waals surface area contributed by atoms with Gasteiger partial charge in [-0.1, -0.05) is 50.6 Å². The molecule has 0 bridgehead atoms. The van der Waals surface area contributed by atoms with Gasteiger partial charge in [0.2, 0.25) is 5.91 Å². The summed E-state index contributed by atoms with van der Waals surface area (Å²) in [6.45, 7) is 2.23. The van der Waals surface area contributed by atoms with Gasteiger partial charge in [0.25, 0.3) is 5.91 Å². The maximum atomic E-state index is 12.2. The number of unbranched alkanes of at least 4 members (excludes halogenated alkanes) is 3. The summed E-state index contributed by atoms with van der Waals surface area (Å²) >= 11 is 5.80. The molecule has 1 aromatic rings. The van der Waals surface area contributed by atoms with E-state index in [1.807, 2.05) is 0 Å². The lowest BCUT2D eigenvalue weighted by Crippen LogP contribution is -2.45. The fourth-order valence-corrected chi connectivity index (χ4v) is 3.59. The highest BCUT2D eigenvalue weighted by Gasteiger charge is 2.26. The molecule has 2 rings (SSSR count). The van der Waals surface area contributed by atoms with Crippen LogP contribution in [0, 0.1) is 11.8 Å². The summed E-state index contributed by atoms with van der Waals surface area (Å²) in [5.41, 5.74) is 5.53. The lowest BCUT2D eigenvalue weighted by Gasteiger charge is -2.27. The highest BCUT2D eigenvalue weighted by atomic mass is 35.5. The molecule has 1 aromatic carbocycles. The van der Waals surface area contributed by atoms with E-state index in [0.717, 1.165) is 31.6 Å². The molecule has 4 nitrogen and oxygen atoms in total. The minimum absolute atomic E-state index is 0.0115. The lowest BCUT2D eigenvalue weighted by atomic mass is 9.79. The molecular weight excluding hydrogens is 336 g/mol. The first-order valence-corrected chi connectivity index (χ1v) is 9.83. The summed E-state index contributed by atoms with van der Waals surface area (Å²) in [6.07, 6.45) is 10.6. The zero-order valence-electron chi connectivity index (χ0n) is 15.0. The molecule has 0 radical (unpaired) electrons. The van der Waals surface area contributed by atoms with Gasteiger partial charge in [-0.05, 0) is 55.9 Å². The van der Waals surface area contributed by atoms with E-state index in [1.165, 1.54) is 32.1 Å². The van der Waals surface area contributed by atoms with E-state index >= 15 is 0 Å². The van der Waals surface area contributed by atoms with Crippen LogP contribution in [-0.4, -0.2) is 11.8 Å². The third kappa shape index (κ3) is 6.69. The topological polar surface area (TPSA) is 58.2 Å². The van der Waals surface area contributed by atoms with Crippen molar-refractivity contribution in [2.45, 2.75) is 64.7 Å². The van der Waals surface area contributed by atoms with E-state index in [1.54, 1.807) is 24.3 Å². The average molecular weight is 365 g/mol. The molecular formula is C20H29ClN2O2. The molecule has 0 aromatic heterocycles. The molecule has 1 aliphatic carbocycles. The smallest absolute Gasteiger partial charge is 0.269 e. The van der Waals surface area contributed by atoms with E-state index in [0.29, 0.717) is 10.6 Å². The molecule has 5 heteroatoms. The molecule has 0 unspecified atom stereocenters. The number of rotatable bonds is 7. The summed E-state index contributed by atoms with van der Waals surface area (Å²) in [4.78, 5) is 24.2. The van der Waals surface area contributed by atoms with Crippen LogP contribution < -0.4 is 10.9 Å². The minimum atomic E-state index is -0.324. The quantitative estimate of drug-likeness (QED) is 0.535. The highest BCUT2D eigenvalue weighted by molar-refractivity contribution is 6.30. The van der Waals surface area contributed by atoms with Crippen LogP contribution in [0.25, 0.3) is 0 Å². The summed E-state index contributed by atoms with van der Waals surface area (Å²) in [7, 11) is 0. The number of carbonyl (C=O) groups is 2. The molecule has 2 amide bonds. The number of hydrogen-bond donors (Lipinski definition) is 2. The van der Waals surface area contributed by atoms with Crippen molar-refractivity contribution < 1.29 is 9.59 Å². The molecule has 138 valence electrons. The van der Waals surface area contributed by atoms with Crippen LogP contribution in [0.2, 0.25) is 5.02 Å². The summed E-state index contributed by atoms with van der Waals surface area (Å²) in [5, 5.41) is 0.576. The largest absolute Gasteiger partial charge is 0.273 e. The van der Waals surface area contributed by atoms with Crippen LogP contribution in [0.3, 0.4) is 0 Å². The second-order valence-electron chi connectivity index (χ2n) is 7.02. The van der Waals surface area contributed by atoms with E-state index in [2.05, 4.69) is 17.8 Å². The van der Waals surface area contributed by atoms with Crippen molar-refractivity contribution in [3.63, 3.8) is 0 Å². The number of amides is 2. The number of halogens is 1. The second-order valence-corrected chi connectivity index (χ2v) is 7.45. The Hall–Kier alpha value is -1.55. The Morgan fingerprint density at radius 3 is 2.32 bits per heavy atom. The fourth-order valence-electron chi connectivity index (χ4n) is 3.47. The Morgan fingerprint density at radius 2 is 1.68 bits per heavy atom. The van der Waals surface area contributed by atoms with Crippen LogP contribution in [0.1, 0.15) is 75.1 Å². The molecule has 1 saturated carbocycles. The Labute approximate surface area is 155 Å². The van der Waals surface area contributed by atoms with Crippen molar-refractivity contribution in [2.75, 3.05) is 0 Å². The van der Waals surface area contributed by atoms with E-state index in [-0.39, 0.29) is 17.7 Å². The van der Waals surface area contributed by atoms with Crippen LogP contribution in [0.15, 0.2) is 24.3 Å². The zero-order valence-corrected chi connectivity index (χ0v) is 15.8. The van der Waals surface area contributed by atoms with E-state index in [4.69, 9.17) is 11.6 Å². The van der Waals surface area contributed by atoms with Gasteiger partial charge in [0.1, 0.15) is 0 Å². The maximum Gasteiger partial charge on any atom is 0.269 e. The molecule has 2 N–H and O–H groups in total. The van der Waals surface area contributed by atoms with Crippen LogP contribution in [0.5, 0.6) is 0 Å². The van der Waals surface area contributed by atoms with Crippen molar-refractivity contribution in [2.24, 2.45) is 11.8 Å². The Morgan fingerprint density at radius 1 is 1.00 bits per heavy atom. The third-order valence-corrected chi connectivity index (χ3v) is 5.34. The zero-order chi connectivity index (χ0) is 18.1. The van der Waals surface area contributed by atoms with E-state index < -0.39 is 0 Å². The average Bonchev–Trinajstić information content (AvgIpc) is 2.64. The number of carbonyl (C=O) groups excluding carboxylic acids is 2. The lowest BCUT2D eigenvalue weighted by molar-refractivity contribution is -0.127. The second kappa shape index (κ2) is 10.4. The summed E-state index contributed by atoms with van der Waals surface area (Å²) < 4.78 is 0. The molecule has 0 saturated heterocycles. The molecule has 0 atom stereocenters. The monoisotopic (exact) mass is 364 g/mol. The van der Waals surface area contributed by atoms with Gasteiger partial charge in [0, 0.05) is 16.5 Å². The van der Waals surface area contributed by atoms with Crippen molar-refractivity contribution in [3.8, 4) is 0 Å². The molecule has 1 fully saturated rings. The minimum Gasteiger partial charge on any atom is -0.273 e.